The normalized spacial score (nSPS) is 13.1. The Kier molecular flexibility index (Phi) is 28.7. The van der Waals surface area contributed by atoms with Crippen molar-refractivity contribution in [1.29, 1.82) is 0 Å². The number of carbonyl (C=O) groups excluding carboxylic acids is 2. The third-order valence-electron chi connectivity index (χ3n) is 6.71. The zero-order valence-corrected chi connectivity index (χ0v) is 27.7. The molecule has 0 bridgehead atoms. The molecule has 0 aliphatic carbocycles. The van der Waals surface area contributed by atoms with Gasteiger partial charge in [0.2, 0.25) is 0 Å². The van der Waals surface area contributed by atoms with E-state index in [-0.39, 0.29) is 19.4 Å². The minimum absolute atomic E-state index is 0.185. The Morgan fingerprint density at radius 1 is 0.628 bits per heavy atom. The molecule has 0 spiro atoms. The number of unbranched alkanes of at least 4 members (excludes halogenated alkanes) is 14. The van der Waals surface area contributed by atoms with Crippen LogP contribution in [0.3, 0.4) is 0 Å². The van der Waals surface area contributed by atoms with Crippen molar-refractivity contribution in [1.82, 2.24) is 0 Å². The van der Waals surface area contributed by atoms with Crippen molar-refractivity contribution in [3.8, 4) is 0 Å². The number of esters is 2. The molecule has 0 unspecified atom stereocenters. The van der Waals surface area contributed by atoms with Crippen LogP contribution in [0.2, 0.25) is 0 Å². The predicted molar refractivity (Wildman–Crippen MR) is 174 cm³/mol. The minimum atomic E-state index is -4.75. The largest absolute Gasteiger partial charge is 0.469 e. The highest BCUT2D eigenvalue weighted by Gasteiger charge is 2.22. The van der Waals surface area contributed by atoms with Crippen LogP contribution in [0.15, 0.2) is 48.6 Å². The Morgan fingerprint density at radius 2 is 1.12 bits per heavy atom. The molecule has 0 aromatic heterocycles. The highest BCUT2D eigenvalue weighted by atomic mass is 31.2. The smallest absolute Gasteiger partial charge is 0.462 e. The van der Waals surface area contributed by atoms with E-state index in [2.05, 4.69) is 30.5 Å². The van der Waals surface area contributed by atoms with E-state index in [9.17, 15) is 14.2 Å². The summed E-state index contributed by atoms with van der Waals surface area (Å²) in [6, 6.07) is 0. The van der Waals surface area contributed by atoms with Gasteiger partial charge in [0.1, 0.15) is 6.61 Å². The Hall–Kier alpha value is -1.99. The second-order valence-corrected chi connectivity index (χ2v) is 12.1. The minimum Gasteiger partial charge on any atom is -0.462 e. The lowest BCUT2D eigenvalue weighted by molar-refractivity contribution is -0.161. The fourth-order valence-corrected chi connectivity index (χ4v) is 4.62. The number of phosphoric acid groups is 1. The van der Waals surface area contributed by atoms with E-state index in [1.54, 1.807) is 0 Å². The Morgan fingerprint density at radius 3 is 1.67 bits per heavy atom. The highest BCUT2D eigenvalue weighted by molar-refractivity contribution is 7.46. The van der Waals surface area contributed by atoms with Crippen molar-refractivity contribution in [2.75, 3.05) is 13.2 Å². The number of hydrogen-bond acceptors (Lipinski definition) is 6. The van der Waals surface area contributed by atoms with E-state index >= 15 is 0 Å². The summed E-state index contributed by atoms with van der Waals surface area (Å²) in [5.41, 5.74) is 0. The van der Waals surface area contributed by atoms with Crippen LogP contribution in [-0.2, 0) is 28.2 Å². The van der Waals surface area contributed by atoms with E-state index in [0.29, 0.717) is 6.42 Å². The third kappa shape index (κ3) is 32.8. The quantitative estimate of drug-likeness (QED) is 0.0365. The number of allylic oxidation sites excluding steroid dienone is 8. The maximum absolute atomic E-state index is 12.3. The molecule has 1 atom stereocenters. The summed E-state index contributed by atoms with van der Waals surface area (Å²) in [5, 5.41) is 0. The molecule has 43 heavy (non-hydrogen) atoms. The molecule has 0 radical (unpaired) electrons. The number of hydrogen-bond donors (Lipinski definition) is 2. The SMILES string of the molecule is CC/C=C/C=C/C=C/C=C/CCCCCCCC(=O)O[C@H](COC(=O)CCCCCCCCCCCC)COP(=O)(O)O. The van der Waals surface area contributed by atoms with Crippen LogP contribution in [-0.4, -0.2) is 41.0 Å². The zero-order valence-electron chi connectivity index (χ0n) is 26.8. The van der Waals surface area contributed by atoms with Crippen molar-refractivity contribution < 1.29 is 37.9 Å². The van der Waals surface area contributed by atoms with Gasteiger partial charge in [0.05, 0.1) is 6.61 Å². The van der Waals surface area contributed by atoms with E-state index in [1.807, 2.05) is 36.5 Å². The molecule has 0 amide bonds. The molecule has 2 N–H and O–H groups in total. The molecule has 0 fully saturated rings. The van der Waals surface area contributed by atoms with Crippen molar-refractivity contribution >= 4 is 19.8 Å². The molecule has 8 nitrogen and oxygen atoms in total. The maximum atomic E-state index is 12.3. The Balaban J connectivity index is 4.09. The topological polar surface area (TPSA) is 119 Å². The van der Waals surface area contributed by atoms with Crippen molar-refractivity contribution in [2.24, 2.45) is 0 Å². The molecule has 0 heterocycles. The first-order chi connectivity index (χ1) is 20.8. The second kappa shape index (κ2) is 30.1. The van der Waals surface area contributed by atoms with Gasteiger partial charge in [-0.2, -0.15) is 0 Å². The standard InChI is InChI=1S/C34H59O8P/c1-3-5-7-9-11-13-15-16-17-18-19-21-23-25-27-29-34(36)42-32(31-41-43(37,38)39)30-40-33(35)28-26-24-22-20-14-12-10-8-6-4-2/h5,7,9,11,13,15-17,32H,3-4,6,8,10,12,14,18-31H2,1-2H3,(H2,37,38,39)/b7-5+,11-9+,15-13+,17-16+/t32-/m1/s1. The van der Waals surface area contributed by atoms with E-state index in [0.717, 1.165) is 57.8 Å². The summed E-state index contributed by atoms with van der Waals surface area (Å²) in [7, 11) is -4.75. The van der Waals surface area contributed by atoms with Gasteiger partial charge >= 0.3 is 19.8 Å². The van der Waals surface area contributed by atoms with Crippen LogP contribution < -0.4 is 0 Å². The fraction of sp³-hybridized carbons (Fsp3) is 0.706. The van der Waals surface area contributed by atoms with Crippen molar-refractivity contribution in [3.63, 3.8) is 0 Å². The summed E-state index contributed by atoms with van der Waals surface area (Å²) in [5.74, 6) is -0.918. The Labute approximate surface area is 261 Å². The van der Waals surface area contributed by atoms with Gasteiger partial charge in [-0.1, -0.05) is 140 Å². The molecular formula is C34H59O8P. The van der Waals surface area contributed by atoms with Crippen LogP contribution >= 0.6 is 7.82 Å². The van der Waals surface area contributed by atoms with Gasteiger partial charge in [0, 0.05) is 12.8 Å². The van der Waals surface area contributed by atoms with Crippen LogP contribution in [0, 0.1) is 0 Å². The molecule has 0 aromatic rings. The van der Waals surface area contributed by atoms with E-state index in [4.69, 9.17) is 19.3 Å². The average molecular weight is 627 g/mol. The molecule has 9 heteroatoms. The lowest BCUT2D eigenvalue weighted by Crippen LogP contribution is -2.29. The highest BCUT2D eigenvalue weighted by Crippen LogP contribution is 2.35. The van der Waals surface area contributed by atoms with Gasteiger partial charge in [-0.15, -0.1) is 0 Å². The van der Waals surface area contributed by atoms with E-state index < -0.39 is 32.5 Å². The van der Waals surface area contributed by atoms with E-state index in [1.165, 1.54) is 44.9 Å². The van der Waals surface area contributed by atoms with Gasteiger partial charge in [-0.25, -0.2) is 4.57 Å². The monoisotopic (exact) mass is 626 g/mol. The summed E-state index contributed by atoms with van der Waals surface area (Å²) < 4.78 is 26.2. The van der Waals surface area contributed by atoms with Crippen LogP contribution in [0.4, 0.5) is 0 Å². The van der Waals surface area contributed by atoms with Gasteiger partial charge in [0.15, 0.2) is 6.10 Å². The first kappa shape index (κ1) is 41.0. The fourth-order valence-electron chi connectivity index (χ4n) is 4.26. The van der Waals surface area contributed by atoms with Gasteiger partial charge in [-0.05, 0) is 32.1 Å². The molecule has 0 rings (SSSR count). The van der Waals surface area contributed by atoms with Crippen LogP contribution in [0.1, 0.15) is 136 Å². The first-order valence-corrected chi connectivity index (χ1v) is 18.0. The average Bonchev–Trinajstić information content (AvgIpc) is 2.97. The second-order valence-electron chi connectivity index (χ2n) is 10.9. The van der Waals surface area contributed by atoms with Crippen molar-refractivity contribution in [3.05, 3.63) is 48.6 Å². The van der Waals surface area contributed by atoms with Gasteiger partial charge < -0.3 is 19.3 Å². The molecule has 248 valence electrons. The van der Waals surface area contributed by atoms with Crippen LogP contribution in [0.5, 0.6) is 0 Å². The predicted octanol–water partition coefficient (Wildman–Crippen LogP) is 9.23. The number of phosphoric ester groups is 1. The molecule has 0 saturated carbocycles. The molecule has 0 aliphatic heterocycles. The molecule has 0 aromatic carbocycles. The Bertz CT molecular complexity index is 843. The van der Waals surface area contributed by atoms with Crippen molar-refractivity contribution in [2.45, 2.75) is 142 Å². The lowest BCUT2D eigenvalue weighted by Gasteiger charge is -2.18. The number of ether oxygens (including phenoxy) is 2. The van der Waals surface area contributed by atoms with Gasteiger partial charge in [0.25, 0.3) is 0 Å². The molecule has 0 aliphatic rings. The third-order valence-corrected chi connectivity index (χ3v) is 7.19. The van der Waals surface area contributed by atoms with Gasteiger partial charge in [-0.3, -0.25) is 14.1 Å². The summed E-state index contributed by atoms with van der Waals surface area (Å²) in [6.07, 6.45) is 34.1. The molecule has 0 saturated heterocycles. The first-order valence-electron chi connectivity index (χ1n) is 16.5. The zero-order chi connectivity index (χ0) is 31.9. The summed E-state index contributed by atoms with van der Waals surface area (Å²) in [6.45, 7) is 3.48. The summed E-state index contributed by atoms with van der Waals surface area (Å²) >= 11 is 0. The lowest BCUT2D eigenvalue weighted by atomic mass is 10.1. The van der Waals surface area contributed by atoms with Crippen LogP contribution in [0.25, 0.3) is 0 Å². The summed E-state index contributed by atoms with van der Waals surface area (Å²) in [4.78, 5) is 42.5. The number of rotatable bonds is 29. The maximum Gasteiger partial charge on any atom is 0.469 e. The number of carbonyl (C=O) groups is 2. The molecular weight excluding hydrogens is 567 g/mol.